The van der Waals surface area contributed by atoms with Gasteiger partial charge in [0.05, 0.1) is 6.10 Å². The van der Waals surface area contributed by atoms with E-state index in [1.807, 2.05) is 0 Å². The van der Waals surface area contributed by atoms with Crippen molar-refractivity contribution in [2.75, 3.05) is 0 Å². The van der Waals surface area contributed by atoms with Crippen molar-refractivity contribution in [1.82, 2.24) is 0 Å². The predicted molar refractivity (Wildman–Crippen MR) is 36.4 cm³/mol. The molecule has 0 saturated carbocycles. The summed E-state index contributed by atoms with van der Waals surface area (Å²) in [5.74, 6) is 0. The quantitative estimate of drug-likeness (QED) is 0.524. The van der Waals surface area contributed by atoms with E-state index in [2.05, 4.69) is 18.3 Å². The van der Waals surface area contributed by atoms with Crippen LogP contribution in [0.2, 0.25) is 0 Å². The normalized spacial score (nSPS) is 11.4. The molecule has 0 rings (SSSR count). The summed E-state index contributed by atoms with van der Waals surface area (Å²) in [6, 6.07) is 0. The SMILES string of the molecule is CC(C)OOC(=O)OS(=O)(=O)OO. The second-order valence-corrected chi connectivity index (χ2v) is 3.18. The minimum atomic E-state index is -4.77. The van der Waals surface area contributed by atoms with E-state index >= 15 is 0 Å². The molecule has 0 atom stereocenters. The van der Waals surface area contributed by atoms with E-state index in [9.17, 15) is 13.2 Å². The molecule has 78 valence electrons. The van der Waals surface area contributed by atoms with Crippen molar-refractivity contribution in [2.24, 2.45) is 0 Å². The molecule has 0 unspecified atom stereocenters. The molecule has 0 aliphatic rings. The van der Waals surface area contributed by atoms with Crippen LogP contribution in [0, 0.1) is 0 Å². The predicted octanol–water partition coefficient (Wildman–Crippen LogP) is 0.214. The zero-order chi connectivity index (χ0) is 10.5. The maximum absolute atomic E-state index is 10.4. The summed E-state index contributed by atoms with van der Waals surface area (Å²) in [5, 5.41) is 7.66. The lowest BCUT2D eigenvalue weighted by molar-refractivity contribution is -0.274. The van der Waals surface area contributed by atoms with Crippen LogP contribution in [0.1, 0.15) is 13.8 Å². The lowest BCUT2D eigenvalue weighted by Crippen LogP contribution is -2.17. The number of hydrogen-bond acceptors (Lipinski definition) is 8. The highest BCUT2D eigenvalue weighted by molar-refractivity contribution is 7.82. The molecule has 0 aliphatic heterocycles. The summed E-state index contributed by atoms with van der Waals surface area (Å²) in [5.41, 5.74) is 0. The van der Waals surface area contributed by atoms with Crippen LogP contribution in [0.3, 0.4) is 0 Å². The summed E-state index contributed by atoms with van der Waals surface area (Å²) < 4.78 is 26.7. The molecule has 8 nitrogen and oxygen atoms in total. The van der Waals surface area contributed by atoms with E-state index in [0.29, 0.717) is 0 Å². The molecular weight excluding hydrogens is 208 g/mol. The van der Waals surface area contributed by atoms with Crippen LogP contribution in [-0.4, -0.2) is 25.9 Å². The Morgan fingerprint density at radius 2 is 1.92 bits per heavy atom. The molecule has 1 N–H and O–H groups in total. The van der Waals surface area contributed by atoms with E-state index in [-0.39, 0.29) is 0 Å². The van der Waals surface area contributed by atoms with E-state index < -0.39 is 22.7 Å². The van der Waals surface area contributed by atoms with Crippen LogP contribution >= 0.6 is 0 Å². The fourth-order valence-corrected chi connectivity index (χ4v) is 0.473. The minimum Gasteiger partial charge on any atom is -0.287 e. The third kappa shape index (κ3) is 6.28. The summed E-state index contributed by atoms with van der Waals surface area (Å²) in [7, 11) is -4.77. The number of carbonyl (C=O) groups is 1. The monoisotopic (exact) mass is 216 g/mol. The van der Waals surface area contributed by atoms with E-state index in [1.54, 1.807) is 0 Å². The fraction of sp³-hybridized carbons (Fsp3) is 0.750. The molecular formula is C4H8O8S. The Morgan fingerprint density at radius 3 is 2.31 bits per heavy atom. The molecule has 0 aromatic carbocycles. The number of carbonyl (C=O) groups excluding carboxylic acids is 1. The Balaban J connectivity index is 3.89. The van der Waals surface area contributed by atoms with Crippen LogP contribution in [-0.2, 0) is 28.7 Å². The van der Waals surface area contributed by atoms with Crippen LogP contribution in [0.5, 0.6) is 0 Å². The summed E-state index contributed by atoms with van der Waals surface area (Å²) in [4.78, 5) is 18.4. The maximum Gasteiger partial charge on any atom is 0.558 e. The van der Waals surface area contributed by atoms with Gasteiger partial charge in [-0.3, -0.25) is 9.07 Å². The second kappa shape index (κ2) is 4.97. The Labute approximate surface area is 74.1 Å². The van der Waals surface area contributed by atoms with Gasteiger partial charge in [0.25, 0.3) is 0 Å². The van der Waals surface area contributed by atoms with Gasteiger partial charge in [0.2, 0.25) is 0 Å². The lowest BCUT2D eigenvalue weighted by Gasteiger charge is -2.04. The third-order valence-electron chi connectivity index (χ3n) is 0.570. The molecule has 0 fully saturated rings. The summed E-state index contributed by atoms with van der Waals surface area (Å²) in [6.07, 6.45) is -2.12. The number of rotatable bonds is 4. The average molecular weight is 216 g/mol. The first-order valence-electron chi connectivity index (χ1n) is 3.02. The highest BCUT2D eigenvalue weighted by atomic mass is 32.3. The van der Waals surface area contributed by atoms with Gasteiger partial charge in [-0.05, 0) is 13.8 Å². The van der Waals surface area contributed by atoms with Crippen LogP contribution < -0.4 is 0 Å². The highest BCUT2D eigenvalue weighted by Gasteiger charge is 2.20. The second-order valence-electron chi connectivity index (χ2n) is 2.04. The molecule has 0 radical (unpaired) electrons. The molecule has 0 aliphatic carbocycles. The van der Waals surface area contributed by atoms with Gasteiger partial charge in [-0.1, -0.05) is 4.33 Å². The molecule has 0 saturated heterocycles. The fourth-order valence-electron chi connectivity index (χ4n) is 0.248. The first kappa shape index (κ1) is 12.1. The van der Waals surface area contributed by atoms with E-state index in [1.165, 1.54) is 13.8 Å². The Morgan fingerprint density at radius 1 is 1.38 bits per heavy atom. The first-order valence-corrected chi connectivity index (χ1v) is 4.35. The van der Waals surface area contributed by atoms with Crippen LogP contribution in [0.4, 0.5) is 4.79 Å². The van der Waals surface area contributed by atoms with Crippen molar-refractivity contribution in [2.45, 2.75) is 20.0 Å². The molecule has 0 aromatic rings. The van der Waals surface area contributed by atoms with Gasteiger partial charge in [0, 0.05) is 0 Å². The van der Waals surface area contributed by atoms with E-state index in [4.69, 9.17) is 5.26 Å². The molecule has 0 aromatic heterocycles. The topological polar surface area (TPSA) is 108 Å². The summed E-state index contributed by atoms with van der Waals surface area (Å²) >= 11 is 0. The average Bonchev–Trinajstić information content (AvgIpc) is 2.00. The van der Waals surface area contributed by atoms with Gasteiger partial charge in [-0.25, -0.2) is 5.26 Å². The van der Waals surface area contributed by atoms with Crippen LogP contribution in [0.25, 0.3) is 0 Å². The first-order chi connectivity index (χ1) is 5.87. The van der Waals surface area contributed by atoms with E-state index in [0.717, 1.165) is 0 Å². The van der Waals surface area contributed by atoms with Crippen molar-refractivity contribution in [1.29, 1.82) is 0 Å². The lowest BCUT2D eigenvalue weighted by atomic mass is 10.5. The third-order valence-corrected chi connectivity index (χ3v) is 1.09. The van der Waals surface area contributed by atoms with Crippen molar-refractivity contribution in [3.63, 3.8) is 0 Å². The summed E-state index contributed by atoms with van der Waals surface area (Å²) in [6.45, 7) is 3.06. The molecule has 9 heteroatoms. The highest BCUT2D eigenvalue weighted by Crippen LogP contribution is 1.98. The van der Waals surface area contributed by atoms with Crippen LogP contribution in [0.15, 0.2) is 0 Å². The minimum absolute atomic E-state index is 0.453. The molecule has 13 heavy (non-hydrogen) atoms. The maximum atomic E-state index is 10.4. The zero-order valence-electron chi connectivity index (χ0n) is 6.79. The van der Waals surface area contributed by atoms with Gasteiger partial charge < -0.3 is 0 Å². The molecule has 0 bridgehead atoms. The standard InChI is InChI=1S/C4H8O8S/c1-3(2)9-10-4(5)11-13(7,8)12-6/h3,6H,1-2H3. The Bertz CT molecular complexity index is 253. The van der Waals surface area contributed by atoms with Crippen molar-refractivity contribution >= 4 is 16.6 Å². The molecule has 0 heterocycles. The smallest absolute Gasteiger partial charge is 0.287 e. The van der Waals surface area contributed by atoms with Gasteiger partial charge >= 0.3 is 16.6 Å². The molecule has 0 spiro atoms. The van der Waals surface area contributed by atoms with Crippen molar-refractivity contribution in [3.8, 4) is 0 Å². The van der Waals surface area contributed by atoms with Crippen molar-refractivity contribution < 1.29 is 36.8 Å². The Kier molecular flexibility index (Phi) is 4.62. The van der Waals surface area contributed by atoms with Gasteiger partial charge in [0.15, 0.2) is 0 Å². The van der Waals surface area contributed by atoms with Gasteiger partial charge in [-0.15, -0.1) is 0 Å². The zero-order valence-corrected chi connectivity index (χ0v) is 7.61. The van der Waals surface area contributed by atoms with Gasteiger partial charge in [0.1, 0.15) is 0 Å². The number of hydrogen-bond donors (Lipinski definition) is 1. The molecule has 0 amide bonds. The largest absolute Gasteiger partial charge is 0.558 e. The van der Waals surface area contributed by atoms with Crippen molar-refractivity contribution in [3.05, 3.63) is 0 Å². The Hall–Kier alpha value is -0.900. The van der Waals surface area contributed by atoms with Gasteiger partial charge in [-0.2, -0.15) is 18.1 Å².